The SMILES string of the molecule is Cc1cc2nc(C)nc3c2c(n1)OCC(CO)N3C. The summed E-state index contributed by atoms with van der Waals surface area (Å²) >= 11 is 0. The molecule has 0 aromatic carbocycles. The summed E-state index contributed by atoms with van der Waals surface area (Å²) in [4.78, 5) is 15.3. The highest BCUT2D eigenvalue weighted by atomic mass is 16.5. The predicted octanol–water partition coefficient (Wildman–Crippen LogP) is 0.831. The van der Waals surface area contributed by atoms with Crippen LogP contribution in [0.2, 0.25) is 0 Å². The first-order valence-corrected chi connectivity index (χ1v) is 6.22. The van der Waals surface area contributed by atoms with Gasteiger partial charge in [-0.1, -0.05) is 0 Å². The largest absolute Gasteiger partial charge is 0.475 e. The molecule has 19 heavy (non-hydrogen) atoms. The Morgan fingerprint density at radius 2 is 2.16 bits per heavy atom. The van der Waals surface area contributed by atoms with Crippen LogP contribution in [0.1, 0.15) is 11.5 Å². The number of hydrogen-bond donors (Lipinski definition) is 1. The van der Waals surface area contributed by atoms with E-state index < -0.39 is 0 Å². The van der Waals surface area contributed by atoms with Gasteiger partial charge in [0.25, 0.3) is 0 Å². The van der Waals surface area contributed by atoms with Gasteiger partial charge in [0, 0.05) is 12.7 Å². The molecule has 1 unspecified atom stereocenters. The maximum absolute atomic E-state index is 9.46. The standard InChI is InChI=1S/C13H16N4O2/c1-7-4-10-11-12(16-8(2)15-10)17(3)9(5-18)6-19-13(11)14-7/h4,9,18H,5-6H2,1-3H3. The van der Waals surface area contributed by atoms with Crippen LogP contribution in [0.5, 0.6) is 5.88 Å². The number of hydrogen-bond acceptors (Lipinski definition) is 6. The van der Waals surface area contributed by atoms with E-state index in [1.807, 2.05) is 31.9 Å². The number of rotatable bonds is 1. The minimum Gasteiger partial charge on any atom is -0.475 e. The van der Waals surface area contributed by atoms with Crippen molar-refractivity contribution in [2.45, 2.75) is 19.9 Å². The smallest absolute Gasteiger partial charge is 0.227 e. The van der Waals surface area contributed by atoms with Crippen LogP contribution in [0.3, 0.4) is 0 Å². The van der Waals surface area contributed by atoms with Crippen LogP contribution in [-0.2, 0) is 0 Å². The first-order chi connectivity index (χ1) is 9.10. The number of aliphatic hydroxyl groups excluding tert-OH is 1. The lowest BCUT2D eigenvalue weighted by Gasteiger charge is -2.25. The monoisotopic (exact) mass is 260 g/mol. The molecule has 0 aliphatic carbocycles. The molecule has 0 spiro atoms. The minimum atomic E-state index is -0.132. The van der Waals surface area contributed by atoms with E-state index in [4.69, 9.17) is 4.74 Å². The molecular weight excluding hydrogens is 244 g/mol. The van der Waals surface area contributed by atoms with Crippen molar-refractivity contribution >= 4 is 16.7 Å². The second kappa shape index (κ2) is 4.31. The maximum atomic E-state index is 9.46. The summed E-state index contributed by atoms with van der Waals surface area (Å²) in [5.41, 5.74) is 1.69. The third-order valence-corrected chi connectivity index (χ3v) is 3.37. The second-order valence-electron chi connectivity index (χ2n) is 4.82. The van der Waals surface area contributed by atoms with Crippen LogP contribution in [0.15, 0.2) is 6.07 Å². The van der Waals surface area contributed by atoms with Crippen molar-refractivity contribution in [1.29, 1.82) is 0 Å². The fourth-order valence-electron chi connectivity index (χ4n) is 2.33. The van der Waals surface area contributed by atoms with Gasteiger partial charge < -0.3 is 14.7 Å². The molecule has 100 valence electrons. The molecule has 0 fully saturated rings. The number of aliphatic hydroxyl groups is 1. The van der Waals surface area contributed by atoms with E-state index in [0.29, 0.717) is 18.3 Å². The summed E-state index contributed by atoms with van der Waals surface area (Å²) in [5.74, 6) is 2.01. The summed E-state index contributed by atoms with van der Waals surface area (Å²) < 4.78 is 5.72. The predicted molar refractivity (Wildman–Crippen MR) is 71.6 cm³/mol. The van der Waals surface area contributed by atoms with Crippen molar-refractivity contribution in [3.8, 4) is 5.88 Å². The molecule has 1 aliphatic heterocycles. The summed E-state index contributed by atoms with van der Waals surface area (Å²) in [6, 6.07) is 1.79. The van der Waals surface area contributed by atoms with Gasteiger partial charge in [-0.05, 0) is 19.9 Å². The van der Waals surface area contributed by atoms with Crippen LogP contribution < -0.4 is 9.64 Å². The number of pyridine rings is 1. The third-order valence-electron chi connectivity index (χ3n) is 3.37. The Bertz CT molecular complexity index is 639. The van der Waals surface area contributed by atoms with Gasteiger partial charge in [0.1, 0.15) is 23.6 Å². The Balaban J connectivity index is 2.34. The van der Waals surface area contributed by atoms with Crippen LogP contribution in [0, 0.1) is 13.8 Å². The number of aromatic nitrogens is 3. The Labute approximate surface area is 111 Å². The van der Waals surface area contributed by atoms with Crippen LogP contribution in [0.4, 0.5) is 5.82 Å². The van der Waals surface area contributed by atoms with Gasteiger partial charge in [-0.3, -0.25) is 0 Å². The Morgan fingerprint density at radius 1 is 1.37 bits per heavy atom. The summed E-state index contributed by atoms with van der Waals surface area (Å²) in [7, 11) is 1.90. The average Bonchev–Trinajstić information content (AvgIpc) is 2.48. The third kappa shape index (κ3) is 1.88. The quantitative estimate of drug-likeness (QED) is 0.819. The molecule has 0 saturated heterocycles. The van der Waals surface area contributed by atoms with Crippen LogP contribution >= 0.6 is 0 Å². The normalized spacial score (nSPS) is 18.3. The van der Waals surface area contributed by atoms with Gasteiger partial charge in [0.15, 0.2) is 0 Å². The average molecular weight is 260 g/mol. The first-order valence-electron chi connectivity index (χ1n) is 6.22. The lowest BCUT2D eigenvalue weighted by molar-refractivity contribution is 0.203. The highest BCUT2D eigenvalue weighted by Crippen LogP contribution is 2.34. The van der Waals surface area contributed by atoms with E-state index in [1.165, 1.54) is 0 Å². The Kier molecular flexibility index (Phi) is 2.74. The number of aryl methyl sites for hydroxylation is 2. The summed E-state index contributed by atoms with van der Waals surface area (Å²) in [6.45, 7) is 4.16. The molecule has 1 N–H and O–H groups in total. The molecule has 3 rings (SSSR count). The molecule has 1 aliphatic rings. The zero-order chi connectivity index (χ0) is 13.6. The fraction of sp³-hybridized carbons (Fsp3) is 0.462. The molecule has 2 aromatic rings. The lowest BCUT2D eigenvalue weighted by Crippen LogP contribution is -2.39. The van der Waals surface area contributed by atoms with E-state index in [9.17, 15) is 5.11 Å². The number of anilines is 1. The van der Waals surface area contributed by atoms with Gasteiger partial charge >= 0.3 is 0 Å². The van der Waals surface area contributed by atoms with E-state index in [1.54, 1.807) is 0 Å². The van der Waals surface area contributed by atoms with Crippen molar-refractivity contribution in [2.24, 2.45) is 0 Å². The summed E-state index contributed by atoms with van der Waals surface area (Å²) in [5, 5.41) is 10.3. The van der Waals surface area contributed by atoms with E-state index in [-0.39, 0.29) is 12.6 Å². The van der Waals surface area contributed by atoms with Crippen molar-refractivity contribution in [3.05, 3.63) is 17.6 Å². The maximum Gasteiger partial charge on any atom is 0.227 e. The number of likely N-dealkylation sites (N-methyl/N-ethyl adjacent to an activating group) is 1. The second-order valence-corrected chi connectivity index (χ2v) is 4.82. The highest BCUT2D eigenvalue weighted by molar-refractivity contribution is 5.94. The van der Waals surface area contributed by atoms with E-state index >= 15 is 0 Å². The molecule has 3 heterocycles. The Hall–Kier alpha value is -1.95. The molecule has 0 saturated carbocycles. The zero-order valence-electron chi connectivity index (χ0n) is 11.2. The van der Waals surface area contributed by atoms with Gasteiger partial charge in [-0.15, -0.1) is 0 Å². The van der Waals surface area contributed by atoms with Crippen LogP contribution in [0.25, 0.3) is 10.9 Å². The molecule has 1 atom stereocenters. The van der Waals surface area contributed by atoms with Gasteiger partial charge in [0.2, 0.25) is 5.88 Å². The van der Waals surface area contributed by atoms with Crippen molar-refractivity contribution in [2.75, 3.05) is 25.2 Å². The first kappa shape index (κ1) is 12.1. The van der Waals surface area contributed by atoms with Crippen molar-refractivity contribution in [3.63, 3.8) is 0 Å². The van der Waals surface area contributed by atoms with E-state index in [0.717, 1.165) is 22.4 Å². The Morgan fingerprint density at radius 3 is 2.89 bits per heavy atom. The molecule has 6 nitrogen and oxygen atoms in total. The minimum absolute atomic E-state index is 0.00795. The highest BCUT2D eigenvalue weighted by Gasteiger charge is 2.26. The fourth-order valence-corrected chi connectivity index (χ4v) is 2.33. The lowest BCUT2D eigenvalue weighted by atomic mass is 10.2. The topological polar surface area (TPSA) is 71.4 Å². The van der Waals surface area contributed by atoms with Gasteiger partial charge in [0.05, 0.1) is 18.2 Å². The van der Waals surface area contributed by atoms with Gasteiger partial charge in [-0.2, -0.15) is 0 Å². The molecule has 0 amide bonds. The molecule has 0 bridgehead atoms. The van der Waals surface area contributed by atoms with Gasteiger partial charge in [-0.25, -0.2) is 15.0 Å². The zero-order valence-corrected chi connectivity index (χ0v) is 11.2. The number of ether oxygens (including phenoxy) is 1. The molecule has 0 radical (unpaired) electrons. The van der Waals surface area contributed by atoms with Crippen molar-refractivity contribution in [1.82, 2.24) is 15.0 Å². The number of nitrogens with zero attached hydrogens (tertiary/aromatic N) is 4. The summed E-state index contributed by atoms with van der Waals surface area (Å²) in [6.07, 6.45) is 0. The van der Waals surface area contributed by atoms with Crippen LogP contribution in [-0.4, -0.2) is 46.4 Å². The van der Waals surface area contributed by atoms with Crippen molar-refractivity contribution < 1.29 is 9.84 Å². The molecular formula is C13H16N4O2. The van der Waals surface area contributed by atoms with E-state index in [2.05, 4.69) is 15.0 Å². The molecule has 2 aromatic heterocycles. The molecule has 6 heteroatoms.